The Morgan fingerprint density at radius 3 is 2.90 bits per heavy atom. The molecule has 1 heterocycles. The minimum absolute atomic E-state index is 0.198. The molecule has 1 aromatic carbocycles. The summed E-state index contributed by atoms with van der Waals surface area (Å²) in [4.78, 5) is 19.1. The smallest absolute Gasteiger partial charge is 0.335 e. The summed E-state index contributed by atoms with van der Waals surface area (Å²) in [6, 6.07) is 4.74. The highest BCUT2D eigenvalue weighted by Gasteiger charge is 2.07. The van der Waals surface area contributed by atoms with Gasteiger partial charge in [-0.15, -0.1) is 0 Å². The maximum Gasteiger partial charge on any atom is 0.335 e. The Morgan fingerprint density at radius 1 is 1.40 bits per heavy atom. The monoisotopic (exact) mass is 293 g/mol. The van der Waals surface area contributed by atoms with Crippen molar-refractivity contribution in [2.24, 2.45) is 0 Å². The fourth-order valence-electron chi connectivity index (χ4n) is 1.81. The minimum atomic E-state index is -0.981. The second-order valence-corrected chi connectivity index (χ2v) is 5.87. The van der Waals surface area contributed by atoms with E-state index < -0.39 is 16.8 Å². The summed E-state index contributed by atoms with van der Waals surface area (Å²) in [6.07, 6.45) is 3.85. The molecule has 1 unspecified atom stereocenters. The second kappa shape index (κ2) is 6.42. The average molecular weight is 293 g/mol. The van der Waals surface area contributed by atoms with Crippen LogP contribution < -0.4 is 5.32 Å². The molecule has 2 N–H and O–H groups in total. The third-order valence-corrected chi connectivity index (χ3v) is 3.65. The molecule has 0 aliphatic carbocycles. The first-order valence-electron chi connectivity index (χ1n) is 6.10. The summed E-state index contributed by atoms with van der Waals surface area (Å²) >= 11 is 0. The molecule has 1 atom stereocenters. The summed E-state index contributed by atoms with van der Waals surface area (Å²) < 4.78 is 11.0. The van der Waals surface area contributed by atoms with Crippen LogP contribution in [0.3, 0.4) is 0 Å². The fourth-order valence-corrected chi connectivity index (χ4v) is 2.36. The lowest BCUT2D eigenvalue weighted by atomic mass is 10.1. The number of benzene rings is 1. The largest absolute Gasteiger partial charge is 0.478 e. The predicted molar refractivity (Wildman–Crippen MR) is 78.5 cm³/mol. The van der Waals surface area contributed by atoms with Crippen LogP contribution in [0.15, 0.2) is 24.5 Å². The molecule has 0 aliphatic heterocycles. The molecule has 106 valence electrons. The van der Waals surface area contributed by atoms with E-state index in [0.29, 0.717) is 23.6 Å². The molecule has 1 aromatic heterocycles. The number of carboxylic acids is 1. The Balaban J connectivity index is 2.17. The van der Waals surface area contributed by atoms with Crippen molar-refractivity contribution in [1.82, 2.24) is 9.97 Å². The standard InChI is InChI=1S/C13H15N3O3S/c1-20(19)6-2-5-14-12-10-4-3-9(13(17)18)7-11(10)15-8-16-12/h3-4,7-8H,2,5-6H2,1H3,(H,17,18)(H,14,15,16). The molecule has 0 aliphatic rings. The number of aromatic nitrogens is 2. The SMILES string of the molecule is CS(=O)CCCNc1ncnc2cc(C(=O)O)ccc12. The quantitative estimate of drug-likeness (QED) is 0.784. The number of carboxylic acid groups (broad SMARTS) is 1. The van der Waals surface area contributed by atoms with Gasteiger partial charge in [0.2, 0.25) is 0 Å². The summed E-state index contributed by atoms with van der Waals surface area (Å²) in [5, 5.41) is 12.9. The molecule has 0 fully saturated rings. The molecule has 20 heavy (non-hydrogen) atoms. The van der Waals surface area contributed by atoms with Crippen molar-refractivity contribution in [2.75, 3.05) is 23.9 Å². The lowest BCUT2D eigenvalue weighted by Crippen LogP contribution is -2.08. The minimum Gasteiger partial charge on any atom is -0.478 e. The molecular formula is C13H15N3O3S. The lowest BCUT2D eigenvalue weighted by Gasteiger charge is -2.08. The van der Waals surface area contributed by atoms with Gasteiger partial charge in [0.05, 0.1) is 11.1 Å². The maximum absolute atomic E-state index is 11.0. The number of carbonyl (C=O) groups is 1. The van der Waals surface area contributed by atoms with Crippen LogP contribution in [0.25, 0.3) is 10.9 Å². The van der Waals surface area contributed by atoms with Crippen molar-refractivity contribution in [3.8, 4) is 0 Å². The van der Waals surface area contributed by atoms with Gasteiger partial charge in [0.1, 0.15) is 12.1 Å². The Labute approximate surface area is 118 Å². The van der Waals surface area contributed by atoms with Gasteiger partial charge in [-0.1, -0.05) is 0 Å². The third-order valence-electron chi connectivity index (χ3n) is 2.78. The lowest BCUT2D eigenvalue weighted by molar-refractivity contribution is 0.0697. The molecule has 0 amide bonds. The number of nitrogens with zero attached hydrogens (tertiary/aromatic N) is 2. The number of anilines is 1. The van der Waals surface area contributed by atoms with Gasteiger partial charge in [0, 0.05) is 34.7 Å². The predicted octanol–water partition coefficient (Wildman–Crippen LogP) is 1.51. The van der Waals surface area contributed by atoms with E-state index in [2.05, 4.69) is 15.3 Å². The van der Waals surface area contributed by atoms with Crippen molar-refractivity contribution in [1.29, 1.82) is 0 Å². The van der Waals surface area contributed by atoms with E-state index in [4.69, 9.17) is 5.11 Å². The van der Waals surface area contributed by atoms with Crippen molar-refractivity contribution < 1.29 is 14.1 Å². The molecule has 2 aromatic rings. The highest BCUT2D eigenvalue weighted by molar-refractivity contribution is 7.84. The summed E-state index contributed by atoms with van der Waals surface area (Å²) in [7, 11) is -0.797. The van der Waals surface area contributed by atoms with Gasteiger partial charge < -0.3 is 10.4 Å². The molecule has 0 saturated heterocycles. The van der Waals surface area contributed by atoms with Crippen LogP contribution in [0.5, 0.6) is 0 Å². The molecular weight excluding hydrogens is 278 g/mol. The van der Waals surface area contributed by atoms with E-state index in [1.165, 1.54) is 18.5 Å². The number of nitrogens with one attached hydrogen (secondary N) is 1. The topological polar surface area (TPSA) is 92.2 Å². The number of hydrogen-bond acceptors (Lipinski definition) is 5. The maximum atomic E-state index is 11.0. The van der Waals surface area contributed by atoms with Gasteiger partial charge in [-0.2, -0.15) is 0 Å². The molecule has 0 spiro atoms. The van der Waals surface area contributed by atoms with Crippen LogP contribution in [-0.4, -0.2) is 43.8 Å². The highest BCUT2D eigenvalue weighted by Crippen LogP contribution is 2.20. The molecule has 0 radical (unpaired) electrons. The Hall–Kier alpha value is -2.02. The zero-order chi connectivity index (χ0) is 14.5. The third kappa shape index (κ3) is 3.51. The molecule has 6 nitrogen and oxygen atoms in total. The first-order chi connectivity index (χ1) is 9.58. The Kier molecular flexibility index (Phi) is 4.62. The van der Waals surface area contributed by atoms with Crippen LogP contribution in [-0.2, 0) is 10.8 Å². The van der Waals surface area contributed by atoms with E-state index >= 15 is 0 Å². The van der Waals surface area contributed by atoms with Crippen molar-refractivity contribution >= 4 is 33.5 Å². The average Bonchev–Trinajstić information content (AvgIpc) is 2.42. The normalized spacial score (nSPS) is 12.2. The summed E-state index contributed by atoms with van der Waals surface area (Å²) in [6.45, 7) is 0.659. The van der Waals surface area contributed by atoms with Crippen LogP contribution >= 0.6 is 0 Å². The molecule has 0 saturated carbocycles. The number of aromatic carboxylic acids is 1. The van der Waals surface area contributed by atoms with E-state index in [-0.39, 0.29) is 5.56 Å². The zero-order valence-electron chi connectivity index (χ0n) is 11.0. The van der Waals surface area contributed by atoms with Gasteiger partial charge in [-0.25, -0.2) is 14.8 Å². The Bertz CT molecular complexity index is 660. The summed E-state index contributed by atoms with van der Waals surface area (Å²) in [5.41, 5.74) is 0.782. The number of rotatable bonds is 6. The van der Waals surface area contributed by atoms with Gasteiger partial charge >= 0.3 is 5.97 Å². The first kappa shape index (κ1) is 14.4. The van der Waals surface area contributed by atoms with E-state index in [1.54, 1.807) is 12.3 Å². The van der Waals surface area contributed by atoms with Crippen molar-refractivity contribution in [3.05, 3.63) is 30.1 Å². The second-order valence-electron chi connectivity index (χ2n) is 4.32. The van der Waals surface area contributed by atoms with Gasteiger partial charge in [0.25, 0.3) is 0 Å². The Morgan fingerprint density at radius 2 is 2.20 bits per heavy atom. The van der Waals surface area contributed by atoms with Crippen LogP contribution in [0.2, 0.25) is 0 Å². The van der Waals surface area contributed by atoms with Gasteiger partial charge in [-0.3, -0.25) is 4.21 Å². The van der Waals surface area contributed by atoms with Crippen molar-refractivity contribution in [2.45, 2.75) is 6.42 Å². The molecule has 0 bridgehead atoms. The first-order valence-corrected chi connectivity index (χ1v) is 7.82. The molecule has 2 rings (SSSR count). The van der Waals surface area contributed by atoms with Crippen molar-refractivity contribution in [3.63, 3.8) is 0 Å². The number of fused-ring (bicyclic) bond motifs is 1. The van der Waals surface area contributed by atoms with E-state index in [0.717, 1.165) is 11.8 Å². The van der Waals surface area contributed by atoms with Crippen LogP contribution in [0, 0.1) is 0 Å². The van der Waals surface area contributed by atoms with Gasteiger partial charge in [0.15, 0.2) is 0 Å². The van der Waals surface area contributed by atoms with E-state index in [9.17, 15) is 9.00 Å². The summed E-state index contributed by atoms with van der Waals surface area (Å²) in [5.74, 6) is 0.318. The molecule has 7 heteroatoms. The number of hydrogen-bond donors (Lipinski definition) is 2. The fraction of sp³-hybridized carbons (Fsp3) is 0.308. The highest BCUT2D eigenvalue weighted by atomic mass is 32.2. The van der Waals surface area contributed by atoms with Gasteiger partial charge in [-0.05, 0) is 24.6 Å². The van der Waals surface area contributed by atoms with Crippen LogP contribution in [0.1, 0.15) is 16.8 Å². The van der Waals surface area contributed by atoms with E-state index in [1.807, 2.05) is 0 Å². The van der Waals surface area contributed by atoms with Crippen LogP contribution in [0.4, 0.5) is 5.82 Å². The zero-order valence-corrected chi connectivity index (χ0v) is 11.8.